The van der Waals surface area contributed by atoms with Crippen molar-refractivity contribution in [2.24, 2.45) is 0 Å². The molecule has 0 saturated heterocycles. The Balaban J connectivity index is 3.07. The quantitative estimate of drug-likeness (QED) is 0.0538. The molecule has 73 heavy (non-hydrogen) atoms. The first-order valence-corrected chi connectivity index (χ1v) is 30.9. The number of rotatable bonds is 70. The minimum Gasteiger partial charge on any atom is -0.379 e. The van der Waals surface area contributed by atoms with Gasteiger partial charge in [-0.15, -0.1) is 0 Å². The van der Waals surface area contributed by atoms with Crippen molar-refractivity contribution in [1.29, 1.82) is 0 Å². The summed E-state index contributed by atoms with van der Waals surface area (Å²) in [6.45, 7) is 19.5. The van der Waals surface area contributed by atoms with Crippen LogP contribution < -0.4 is 0 Å². The second-order valence-electron chi connectivity index (χ2n) is 19.6. The molecule has 0 unspecified atom stereocenters. The zero-order valence-electron chi connectivity index (χ0n) is 48.3. The van der Waals surface area contributed by atoms with E-state index in [4.69, 9.17) is 61.6 Å². The summed E-state index contributed by atoms with van der Waals surface area (Å²) in [6.07, 6.45) is 44.4. The molecule has 0 rings (SSSR count). The molecule has 0 aliphatic carbocycles. The van der Waals surface area contributed by atoms with Crippen molar-refractivity contribution in [1.82, 2.24) is 0 Å². The molecule has 0 atom stereocenters. The summed E-state index contributed by atoms with van der Waals surface area (Å²) in [4.78, 5) is 0. The Morgan fingerprint density at radius 3 is 0.329 bits per heavy atom. The molecule has 13 nitrogen and oxygen atoms in total. The lowest BCUT2D eigenvalue weighted by atomic mass is 10.0. The van der Waals surface area contributed by atoms with Crippen molar-refractivity contribution in [3.63, 3.8) is 0 Å². The van der Waals surface area contributed by atoms with E-state index in [1.54, 1.807) is 0 Å². The smallest absolute Gasteiger partial charge is 0.0701 e. The van der Waals surface area contributed by atoms with E-state index >= 15 is 0 Å². The second-order valence-corrected chi connectivity index (χ2v) is 19.6. The first-order chi connectivity index (χ1) is 36.4. The average molecular weight is 1050 g/mol. The Morgan fingerprint density at radius 1 is 0.110 bits per heavy atom. The maximum absolute atomic E-state index is 5.71. The summed E-state index contributed by atoms with van der Waals surface area (Å²) in [5.41, 5.74) is 0. The van der Waals surface area contributed by atoms with Crippen molar-refractivity contribution >= 4 is 0 Å². The van der Waals surface area contributed by atoms with Crippen molar-refractivity contribution in [2.45, 2.75) is 219 Å². The largest absolute Gasteiger partial charge is 0.379 e. The molecule has 0 bridgehead atoms. The van der Waals surface area contributed by atoms with E-state index in [2.05, 4.69) is 13.8 Å². The number of unbranched alkanes of at least 4 members (excludes halogenated alkanes) is 30. The SMILES string of the molecule is CCCCCCCCCCCCCCCCCCOCCOCCOCCOCCOCCOCCOCCOCCOCCOCCOCCOCCOCCCCCCCCCCCCCCCCCC. The van der Waals surface area contributed by atoms with Crippen LogP contribution >= 0.6 is 0 Å². The van der Waals surface area contributed by atoms with Crippen LogP contribution in [-0.4, -0.2) is 172 Å². The summed E-state index contributed by atoms with van der Waals surface area (Å²) < 4.78 is 72.7. The third-order valence-corrected chi connectivity index (χ3v) is 12.7. The highest BCUT2D eigenvalue weighted by atomic mass is 16.6. The number of hydrogen-bond donors (Lipinski definition) is 0. The summed E-state index contributed by atoms with van der Waals surface area (Å²) in [6, 6.07) is 0. The molecule has 0 N–H and O–H groups in total. The summed E-state index contributed by atoms with van der Waals surface area (Å²) in [5, 5.41) is 0. The van der Waals surface area contributed by atoms with Crippen molar-refractivity contribution in [3.05, 3.63) is 0 Å². The molecule has 0 fully saturated rings. The van der Waals surface area contributed by atoms with Gasteiger partial charge in [0.05, 0.1) is 159 Å². The molecule has 0 aromatic heterocycles. The Kier molecular flexibility index (Phi) is 71.0. The van der Waals surface area contributed by atoms with Gasteiger partial charge in [-0.3, -0.25) is 0 Å². The topological polar surface area (TPSA) is 120 Å². The average Bonchev–Trinajstić information content (AvgIpc) is 3.40. The van der Waals surface area contributed by atoms with Crippen LogP contribution in [-0.2, 0) is 61.6 Å². The molecular formula is C60H122O13. The molecule has 0 aliphatic heterocycles. The first-order valence-electron chi connectivity index (χ1n) is 30.9. The van der Waals surface area contributed by atoms with Gasteiger partial charge in [0, 0.05) is 13.2 Å². The number of hydrogen-bond acceptors (Lipinski definition) is 13. The molecule has 0 aliphatic rings. The summed E-state index contributed by atoms with van der Waals surface area (Å²) >= 11 is 0. The van der Waals surface area contributed by atoms with Crippen LogP contribution in [0.15, 0.2) is 0 Å². The van der Waals surface area contributed by atoms with Gasteiger partial charge in [-0.1, -0.05) is 206 Å². The highest BCUT2D eigenvalue weighted by Crippen LogP contribution is 2.15. The highest BCUT2D eigenvalue weighted by molar-refractivity contribution is 4.52. The molecule has 0 saturated carbocycles. The number of ether oxygens (including phenoxy) is 13. The van der Waals surface area contributed by atoms with Crippen LogP contribution in [0.2, 0.25) is 0 Å². The Bertz CT molecular complexity index is 853. The molecule has 0 heterocycles. The molecular weight excluding hydrogens is 929 g/mol. The summed E-state index contributed by atoms with van der Waals surface area (Å²) in [7, 11) is 0. The van der Waals surface area contributed by atoms with E-state index in [9.17, 15) is 0 Å². The fourth-order valence-corrected chi connectivity index (χ4v) is 8.25. The molecule has 13 heteroatoms. The van der Waals surface area contributed by atoms with Crippen molar-refractivity contribution in [2.75, 3.05) is 172 Å². The van der Waals surface area contributed by atoms with E-state index in [1.165, 1.54) is 193 Å². The lowest BCUT2D eigenvalue weighted by molar-refractivity contribution is -0.0290. The standard InChI is InChI=1S/C60H122O13/c1-3-5-7-9-11-13-15-17-19-21-23-25-27-29-31-33-35-61-37-39-63-41-43-65-45-47-67-49-51-69-53-55-71-57-59-73-60-58-72-56-54-70-52-50-68-48-46-66-44-42-64-40-38-62-36-34-32-30-28-26-24-22-20-18-16-14-12-10-8-6-4-2/h3-60H2,1-2H3. The molecule has 0 amide bonds. The van der Waals surface area contributed by atoms with Crippen molar-refractivity contribution in [3.8, 4) is 0 Å². The van der Waals surface area contributed by atoms with Gasteiger partial charge in [0.2, 0.25) is 0 Å². The van der Waals surface area contributed by atoms with Crippen LogP contribution in [0.3, 0.4) is 0 Å². The van der Waals surface area contributed by atoms with E-state index in [0.29, 0.717) is 159 Å². The normalized spacial score (nSPS) is 11.8. The molecule has 0 aromatic carbocycles. The third-order valence-electron chi connectivity index (χ3n) is 12.7. The van der Waals surface area contributed by atoms with Gasteiger partial charge < -0.3 is 61.6 Å². The Morgan fingerprint density at radius 2 is 0.205 bits per heavy atom. The first kappa shape index (κ1) is 72.5. The zero-order valence-corrected chi connectivity index (χ0v) is 48.3. The van der Waals surface area contributed by atoms with Gasteiger partial charge in [-0.2, -0.15) is 0 Å². The lowest BCUT2D eigenvalue weighted by Gasteiger charge is -2.09. The predicted molar refractivity (Wildman–Crippen MR) is 300 cm³/mol. The van der Waals surface area contributed by atoms with Crippen LogP contribution in [0.5, 0.6) is 0 Å². The van der Waals surface area contributed by atoms with Crippen LogP contribution in [0.1, 0.15) is 219 Å². The Hall–Kier alpha value is -0.520. The molecule has 0 aromatic rings. The van der Waals surface area contributed by atoms with E-state index in [0.717, 1.165) is 26.1 Å². The Labute approximate surface area is 451 Å². The molecule has 0 radical (unpaired) electrons. The minimum atomic E-state index is 0.518. The van der Waals surface area contributed by atoms with Gasteiger partial charge in [-0.25, -0.2) is 0 Å². The van der Waals surface area contributed by atoms with Crippen LogP contribution in [0, 0.1) is 0 Å². The van der Waals surface area contributed by atoms with E-state index < -0.39 is 0 Å². The predicted octanol–water partition coefficient (Wildman–Crippen LogP) is 13.7. The highest BCUT2D eigenvalue weighted by Gasteiger charge is 2.00. The van der Waals surface area contributed by atoms with Crippen LogP contribution in [0.25, 0.3) is 0 Å². The summed E-state index contributed by atoms with van der Waals surface area (Å²) in [5.74, 6) is 0. The molecule has 440 valence electrons. The maximum Gasteiger partial charge on any atom is 0.0701 e. The van der Waals surface area contributed by atoms with E-state index in [1.807, 2.05) is 0 Å². The lowest BCUT2D eigenvalue weighted by Crippen LogP contribution is -2.15. The van der Waals surface area contributed by atoms with Crippen molar-refractivity contribution < 1.29 is 61.6 Å². The fourth-order valence-electron chi connectivity index (χ4n) is 8.25. The van der Waals surface area contributed by atoms with Gasteiger partial charge in [0.15, 0.2) is 0 Å². The van der Waals surface area contributed by atoms with Gasteiger partial charge in [0.25, 0.3) is 0 Å². The van der Waals surface area contributed by atoms with E-state index in [-0.39, 0.29) is 0 Å². The fraction of sp³-hybridized carbons (Fsp3) is 1.00. The minimum absolute atomic E-state index is 0.518. The van der Waals surface area contributed by atoms with Gasteiger partial charge >= 0.3 is 0 Å². The van der Waals surface area contributed by atoms with Crippen LogP contribution in [0.4, 0.5) is 0 Å². The maximum atomic E-state index is 5.71. The monoisotopic (exact) mass is 1050 g/mol. The third kappa shape index (κ3) is 71.5. The molecule has 0 spiro atoms. The van der Waals surface area contributed by atoms with Gasteiger partial charge in [-0.05, 0) is 12.8 Å². The second kappa shape index (κ2) is 71.5. The zero-order chi connectivity index (χ0) is 52.2. The van der Waals surface area contributed by atoms with Gasteiger partial charge in [0.1, 0.15) is 0 Å².